The summed E-state index contributed by atoms with van der Waals surface area (Å²) in [7, 11) is 0. The van der Waals surface area contributed by atoms with E-state index in [9.17, 15) is 24.6 Å². The van der Waals surface area contributed by atoms with Crippen LogP contribution in [-0.4, -0.2) is 38.7 Å². The zero-order valence-corrected chi connectivity index (χ0v) is 24.4. The van der Waals surface area contributed by atoms with E-state index in [4.69, 9.17) is 28.9 Å². The van der Waals surface area contributed by atoms with Gasteiger partial charge >= 0.3 is 12.0 Å². The molecule has 12 heteroatoms. The van der Waals surface area contributed by atoms with E-state index < -0.39 is 30.2 Å². The summed E-state index contributed by atoms with van der Waals surface area (Å²) in [6.07, 6.45) is -1.33. The van der Waals surface area contributed by atoms with E-state index in [1.165, 1.54) is 4.90 Å². The van der Waals surface area contributed by atoms with Gasteiger partial charge in [-0.05, 0) is 60.2 Å². The van der Waals surface area contributed by atoms with Crippen molar-refractivity contribution in [1.82, 2.24) is 9.88 Å². The number of hydrogen-bond donors (Lipinski definition) is 5. The van der Waals surface area contributed by atoms with E-state index in [0.29, 0.717) is 49.4 Å². The first-order valence-corrected chi connectivity index (χ1v) is 14.2. The van der Waals surface area contributed by atoms with Crippen molar-refractivity contribution >= 4 is 69.1 Å². The molecule has 5 aromatic rings. The molecule has 0 fully saturated rings. The van der Waals surface area contributed by atoms with Crippen molar-refractivity contribution in [1.29, 1.82) is 0 Å². The lowest BCUT2D eigenvalue weighted by Crippen LogP contribution is -2.43. The number of nitrogens with one attached hydrogen (secondary N) is 2. The number of nitrogens with zero attached hydrogens (tertiary/aromatic N) is 2. The van der Waals surface area contributed by atoms with Crippen molar-refractivity contribution in [2.45, 2.75) is 18.7 Å². The zero-order chi connectivity index (χ0) is 31.1. The van der Waals surface area contributed by atoms with Crippen molar-refractivity contribution in [2.75, 3.05) is 16.0 Å². The lowest BCUT2D eigenvalue weighted by atomic mass is 10.0. The lowest BCUT2D eigenvalue weighted by Gasteiger charge is -2.34. The van der Waals surface area contributed by atoms with E-state index >= 15 is 0 Å². The number of nitrogen functional groups attached to an aromatic ring is 1. The number of carboxylic acid groups (broad SMARTS) is 1. The number of nitrogens with two attached hydrogens (primary N) is 1. The maximum absolute atomic E-state index is 13.6. The van der Waals surface area contributed by atoms with E-state index in [1.807, 2.05) is 24.3 Å². The number of carboxylic acids is 1. The van der Waals surface area contributed by atoms with Crippen LogP contribution in [0.4, 0.5) is 21.9 Å². The molecule has 222 valence electrons. The molecule has 3 amide bonds. The Bertz CT molecular complexity index is 1920. The summed E-state index contributed by atoms with van der Waals surface area (Å²) >= 11 is 13.0. The third-order valence-electron chi connectivity index (χ3n) is 7.42. The normalized spacial score (nSPS) is 15.0. The van der Waals surface area contributed by atoms with Crippen LogP contribution >= 0.6 is 23.2 Å². The van der Waals surface area contributed by atoms with Crippen LogP contribution < -0.4 is 21.3 Å². The molecule has 10 nitrogen and oxygen atoms in total. The number of hydrogen-bond acceptors (Lipinski definition) is 5. The molecule has 2 heterocycles. The summed E-state index contributed by atoms with van der Waals surface area (Å²) in [5.41, 5.74) is 9.39. The molecule has 1 aliphatic heterocycles. The topological polar surface area (TPSA) is 150 Å². The van der Waals surface area contributed by atoms with Crippen LogP contribution in [0.5, 0.6) is 0 Å². The molecule has 4 aromatic carbocycles. The number of para-hydroxylation sites is 2. The number of urea groups is 1. The first-order valence-electron chi connectivity index (χ1n) is 13.5. The maximum atomic E-state index is 13.6. The van der Waals surface area contributed by atoms with Gasteiger partial charge in [-0.15, -0.1) is 0 Å². The summed E-state index contributed by atoms with van der Waals surface area (Å²) in [5, 5.41) is 27.7. The fourth-order valence-corrected chi connectivity index (χ4v) is 5.89. The van der Waals surface area contributed by atoms with Crippen LogP contribution in [0, 0.1) is 0 Å². The van der Waals surface area contributed by atoms with Gasteiger partial charge in [0.25, 0.3) is 5.91 Å². The second-order valence-corrected chi connectivity index (χ2v) is 11.1. The first-order chi connectivity index (χ1) is 21.1. The molecule has 1 aromatic heterocycles. The van der Waals surface area contributed by atoms with Crippen LogP contribution in [-0.2, 0) is 11.2 Å². The van der Waals surface area contributed by atoms with Gasteiger partial charge in [0.2, 0.25) is 0 Å². The Morgan fingerprint density at radius 3 is 2.36 bits per heavy atom. The molecule has 0 aliphatic carbocycles. The number of halogens is 2. The summed E-state index contributed by atoms with van der Waals surface area (Å²) in [6, 6.07) is 23.4. The molecular formula is C32H25Cl2N5O5. The molecule has 44 heavy (non-hydrogen) atoms. The Morgan fingerprint density at radius 1 is 0.955 bits per heavy atom. The van der Waals surface area contributed by atoms with Gasteiger partial charge in [0.1, 0.15) is 11.7 Å². The van der Waals surface area contributed by atoms with Crippen LogP contribution in [0.2, 0.25) is 10.0 Å². The van der Waals surface area contributed by atoms with E-state index in [0.717, 1.165) is 5.39 Å². The second-order valence-electron chi connectivity index (χ2n) is 10.2. The van der Waals surface area contributed by atoms with Gasteiger partial charge in [0.15, 0.2) is 6.23 Å². The van der Waals surface area contributed by atoms with Crippen molar-refractivity contribution in [3.05, 3.63) is 118 Å². The summed E-state index contributed by atoms with van der Waals surface area (Å²) in [4.78, 5) is 39.9. The number of rotatable bonds is 7. The van der Waals surface area contributed by atoms with Gasteiger partial charge < -0.3 is 31.1 Å². The molecule has 0 bridgehead atoms. The Balaban J connectivity index is 1.25. The van der Waals surface area contributed by atoms with Gasteiger partial charge in [-0.3, -0.25) is 9.69 Å². The number of aliphatic hydroxyl groups is 1. The molecule has 0 saturated heterocycles. The lowest BCUT2D eigenvalue weighted by molar-refractivity contribution is -0.139. The van der Waals surface area contributed by atoms with E-state index in [-0.39, 0.29) is 12.1 Å². The molecule has 6 rings (SSSR count). The number of aromatic nitrogens is 1. The zero-order valence-electron chi connectivity index (χ0n) is 22.9. The fraction of sp³-hybridized carbons (Fsp3) is 0.0938. The van der Waals surface area contributed by atoms with Crippen LogP contribution in [0.15, 0.2) is 91.0 Å². The number of fused-ring (bicyclic) bond motifs is 2. The van der Waals surface area contributed by atoms with E-state index in [1.54, 1.807) is 71.3 Å². The minimum atomic E-state index is -1.29. The number of aliphatic hydroxyl groups excluding tert-OH is 1. The molecule has 0 radical (unpaired) electrons. The maximum Gasteiger partial charge on any atom is 0.328 e. The number of amides is 3. The van der Waals surface area contributed by atoms with Gasteiger partial charge in [0, 0.05) is 28.7 Å². The summed E-state index contributed by atoms with van der Waals surface area (Å²) in [5.74, 6) is -1.87. The third kappa shape index (κ3) is 5.30. The molecule has 6 N–H and O–H groups in total. The molecular weight excluding hydrogens is 605 g/mol. The van der Waals surface area contributed by atoms with Crippen LogP contribution in [0.3, 0.4) is 0 Å². The Labute approximate surface area is 261 Å². The standard InChI is InChI=1S/C32H25Cl2N5O5/c33-22-5-3-6-23(34)28(22)39-26-7-2-1-4-18(26)15-27(39)29(40)36-25(31(42)43)14-17-8-11-20(12-9-17)38-30(41)21-16-19(35)10-13-24(21)37-32(38)44/h1-13,15-16,25,30,41H,14,35H2,(H,36,40)(H,37,44)(H,42,43)/t25-,30?/m0/s1. The first kappa shape index (κ1) is 29.1. The van der Waals surface area contributed by atoms with Gasteiger partial charge in [0.05, 0.1) is 26.9 Å². The van der Waals surface area contributed by atoms with Gasteiger partial charge in [-0.25, -0.2) is 9.59 Å². The average molecular weight is 630 g/mol. The van der Waals surface area contributed by atoms with Crippen molar-refractivity contribution in [2.24, 2.45) is 0 Å². The number of benzene rings is 4. The smallest absolute Gasteiger partial charge is 0.328 e. The van der Waals surface area contributed by atoms with Crippen molar-refractivity contribution < 1.29 is 24.6 Å². The molecule has 0 spiro atoms. The fourth-order valence-electron chi connectivity index (χ4n) is 5.32. The SMILES string of the molecule is Nc1ccc2c(c1)C(O)N(c1ccc(C[C@H](NC(=O)c3cc4ccccc4n3-c3c(Cl)cccc3Cl)C(=O)O)cc1)C(=O)N2. The molecule has 1 unspecified atom stereocenters. The number of carbonyl (C=O) groups excluding carboxylic acids is 2. The Kier molecular flexibility index (Phi) is 7.64. The molecule has 1 aliphatic rings. The summed E-state index contributed by atoms with van der Waals surface area (Å²) < 4.78 is 1.61. The molecule has 2 atom stereocenters. The van der Waals surface area contributed by atoms with Crippen molar-refractivity contribution in [3.63, 3.8) is 0 Å². The monoisotopic (exact) mass is 629 g/mol. The minimum Gasteiger partial charge on any atom is -0.480 e. The highest BCUT2D eigenvalue weighted by Crippen LogP contribution is 2.36. The van der Waals surface area contributed by atoms with Gasteiger partial charge in [-0.2, -0.15) is 0 Å². The highest BCUT2D eigenvalue weighted by atomic mass is 35.5. The highest BCUT2D eigenvalue weighted by Gasteiger charge is 2.32. The number of anilines is 3. The largest absolute Gasteiger partial charge is 0.480 e. The minimum absolute atomic E-state index is 0.0530. The second kappa shape index (κ2) is 11.6. The number of aliphatic carboxylic acids is 1. The Hall–Kier alpha value is -5.03. The Morgan fingerprint density at radius 2 is 1.66 bits per heavy atom. The van der Waals surface area contributed by atoms with Crippen LogP contribution in [0.25, 0.3) is 16.6 Å². The average Bonchev–Trinajstić information content (AvgIpc) is 3.37. The van der Waals surface area contributed by atoms with Crippen molar-refractivity contribution in [3.8, 4) is 5.69 Å². The summed E-state index contributed by atoms with van der Waals surface area (Å²) in [6.45, 7) is 0. The third-order valence-corrected chi connectivity index (χ3v) is 8.03. The van der Waals surface area contributed by atoms with Crippen LogP contribution in [0.1, 0.15) is 27.8 Å². The predicted octanol–water partition coefficient (Wildman–Crippen LogP) is 5.99. The predicted molar refractivity (Wildman–Crippen MR) is 170 cm³/mol. The highest BCUT2D eigenvalue weighted by molar-refractivity contribution is 6.38. The van der Waals surface area contributed by atoms with E-state index in [2.05, 4.69) is 10.6 Å². The van der Waals surface area contributed by atoms with Gasteiger partial charge in [-0.1, -0.05) is 59.6 Å². The quantitative estimate of drug-likeness (QED) is 0.140. The number of carbonyl (C=O) groups is 3. The molecule has 0 saturated carbocycles.